The SMILES string of the molecule is COc1ccccc1Nc1nc(Cl)c(/C=N/NC(=O)c2ccc(F)cc2)s1. The van der Waals surface area contributed by atoms with Gasteiger partial charge in [-0.1, -0.05) is 35.1 Å². The zero-order valence-corrected chi connectivity index (χ0v) is 15.6. The summed E-state index contributed by atoms with van der Waals surface area (Å²) in [6.45, 7) is 0. The standard InChI is InChI=1S/C18H14ClFN4O2S/c1-26-14-5-3-2-4-13(14)22-18-23-16(19)15(27-18)10-21-24-17(25)11-6-8-12(20)9-7-11/h2-10H,1H3,(H,22,23)(H,24,25)/b21-10+. The topological polar surface area (TPSA) is 75.6 Å². The molecular formula is C18H14ClFN4O2S. The van der Waals surface area contributed by atoms with Gasteiger partial charge < -0.3 is 10.1 Å². The van der Waals surface area contributed by atoms with Crippen LogP contribution in [0.25, 0.3) is 0 Å². The first-order valence-corrected chi connectivity index (χ1v) is 8.91. The number of thiazole rings is 1. The molecule has 0 fully saturated rings. The Labute approximate surface area is 163 Å². The van der Waals surface area contributed by atoms with Crippen LogP contribution in [0.15, 0.2) is 53.6 Å². The summed E-state index contributed by atoms with van der Waals surface area (Å²) in [7, 11) is 1.58. The van der Waals surface area contributed by atoms with Gasteiger partial charge in [0.15, 0.2) is 10.3 Å². The number of rotatable bonds is 6. The monoisotopic (exact) mass is 404 g/mol. The lowest BCUT2D eigenvalue weighted by atomic mass is 10.2. The van der Waals surface area contributed by atoms with E-state index < -0.39 is 11.7 Å². The molecule has 3 aromatic rings. The third kappa shape index (κ3) is 4.81. The summed E-state index contributed by atoms with van der Waals surface area (Å²) < 4.78 is 18.2. The lowest BCUT2D eigenvalue weighted by Gasteiger charge is -2.07. The normalized spacial score (nSPS) is 10.8. The second-order valence-electron chi connectivity index (χ2n) is 5.21. The molecule has 3 rings (SSSR count). The summed E-state index contributed by atoms with van der Waals surface area (Å²) in [4.78, 5) is 16.7. The molecule has 6 nitrogen and oxygen atoms in total. The number of nitrogens with one attached hydrogen (secondary N) is 2. The van der Waals surface area contributed by atoms with Crippen LogP contribution >= 0.6 is 22.9 Å². The van der Waals surface area contributed by atoms with E-state index in [0.717, 1.165) is 5.69 Å². The zero-order valence-electron chi connectivity index (χ0n) is 14.1. The molecule has 1 aromatic heterocycles. The van der Waals surface area contributed by atoms with Crippen molar-refractivity contribution < 1.29 is 13.9 Å². The molecule has 0 saturated carbocycles. The Kier molecular flexibility index (Phi) is 6.00. The molecular weight excluding hydrogens is 391 g/mol. The highest BCUT2D eigenvalue weighted by Gasteiger charge is 2.10. The first-order valence-electron chi connectivity index (χ1n) is 7.72. The quantitative estimate of drug-likeness (QED) is 0.470. The van der Waals surface area contributed by atoms with Gasteiger partial charge in [0.25, 0.3) is 5.91 Å². The zero-order chi connectivity index (χ0) is 19.2. The summed E-state index contributed by atoms with van der Waals surface area (Å²) in [6.07, 6.45) is 1.40. The Balaban J connectivity index is 1.66. The summed E-state index contributed by atoms with van der Waals surface area (Å²) in [5.74, 6) is -0.202. The number of para-hydroxylation sites is 2. The fourth-order valence-electron chi connectivity index (χ4n) is 2.12. The minimum Gasteiger partial charge on any atom is -0.495 e. The fourth-order valence-corrected chi connectivity index (χ4v) is 3.17. The summed E-state index contributed by atoms with van der Waals surface area (Å²) in [5, 5.41) is 7.80. The van der Waals surface area contributed by atoms with E-state index in [4.69, 9.17) is 16.3 Å². The maximum atomic E-state index is 12.9. The lowest BCUT2D eigenvalue weighted by molar-refractivity contribution is 0.0955. The molecule has 27 heavy (non-hydrogen) atoms. The number of benzene rings is 2. The van der Waals surface area contributed by atoms with E-state index in [9.17, 15) is 9.18 Å². The van der Waals surface area contributed by atoms with E-state index in [1.165, 1.54) is 41.8 Å². The number of hydrogen-bond acceptors (Lipinski definition) is 6. The molecule has 2 aromatic carbocycles. The van der Waals surface area contributed by atoms with Gasteiger partial charge in [-0.15, -0.1) is 0 Å². The third-order valence-corrected chi connectivity index (χ3v) is 4.72. The molecule has 0 saturated heterocycles. The predicted octanol–water partition coefficient (Wildman–Crippen LogP) is 4.45. The smallest absolute Gasteiger partial charge is 0.271 e. The Hall–Kier alpha value is -2.97. The van der Waals surface area contributed by atoms with Gasteiger partial charge in [-0.3, -0.25) is 4.79 Å². The van der Waals surface area contributed by atoms with Crippen molar-refractivity contribution in [2.24, 2.45) is 5.10 Å². The Bertz CT molecular complexity index is 976. The van der Waals surface area contributed by atoms with Crippen molar-refractivity contribution in [1.29, 1.82) is 0 Å². The van der Waals surface area contributed by atoms with Crippen molar-refractivity contribution in [1.82, 2.24) is 10.4 Å². The van der Waals surface area contributed by atoms with Gasteiger partial charge in [-0.05, 0) is 36.4 Å². The number of methoxy groups -OCH3 is 1. The molecule has 1 heterocycles. The maximum absolute atomic E-state index is 12.9. The van der Waals surface area contributed by atoms with Crippen LogP contribution in [0.4, 0.5) is 15.2 Å². The third-order valence-electron chi connectivity index (χ3n) is 3.41. The molecule has 0 unspecified atom stereocenters. The van der Waals surface area contributed by atoms with Crippen molar-refractivity contribution in [2.75, 3.05) is 12.4 Å². The Morgan fingerprint density at radius 2 is 2.00 bits per heavy atom. The molecule has 0 aliphatic carbocycles. The van der Waals surface area contributed by atoms with Crippen LogP contribution in [0.2, 0.25) is 5.15 Å². The molecule has 2 N–H and O–H groups in total. The number of hydrogen-bond donors (Lipinski definition) is 2. The van der Waals surface area contributed by atoms with Gasteiger partial charge in [-0.25, -0.2) is 14.8 Å². The van der Waals surface area contributed by atoms with Crippen LogP contribution in [-0.2, 0) is 0 Å². The molecule has 1 amide bonds. The minimum atomic E-state index is -0.459. The van der Waals surface area contributed by atoms with E-state index in [0.29, 0.717) is 21.3 Å². The van der Waals surface area contributed by atoms with E-state index in [-0.39, 0.29) is 5.15 Å². The van der Waals surface area contributed by atoms with Crippen LogP contribution in [0, 0.1) is 5.82 Å². The van der Waals surface area contributed by atoms with Gasteiger partial charge in [0.2, 0.25) is 0 Å². The van der Waals surface area contributed by atoms with Crippen molar-refractivity contribution >= 4 is 45.9 Å². The van der Waals surface area contributed by atoms with Crippen LogP contribution in [-0.4, -0.2) is 24.2 Å². The van der Waals surface area contributed by atoms with Gasteiger partial charge in [-0.2, -0.15) is 5.10 Å². The number of anilines is 2. The van der Waals surface area contributed by atoms with Gasteiger partial charge >= 0.3 is 0 Å². The highest BCUT2D eigenvalue weighted by molar-refractivity contribution is 7.17. The fraction of sp³-hybridized carbons (Fsp3) is 0.0556. The average molecular weight is 405 g/mol. The number of amides is 1. The van der Waals surface area contributed by atoms with Gasteiger partial charge in [0, 0.05) is 5.56 Å². The van der Waals surface area contributed by atoms with Crippen molar-refractivity contribution in [3.05, 3.63) is 69.9 Å². The molecule has 138 valence electrons. The van der Waals surface area contributed by atoms with E-state index >= 15 is 0 Å². The summed E-state index contributed by atoms with van der Waals surface area (Å²) >= 11 is 7.38. The Morgan fingerprint density at radius 3 is 2.74 bits per heavy atom. The molecule has 0 radical (unpaired) electrons. The van der Waals surface area contributed by atoms with Crippen LogP contribution < -0.4 is 15.5 Å². The number of ether oxygens (including phenoxy) is 1. The maximum Gasteiger partial charge on any atom is 0.271 e. The number of nitrogens with zero attached hydrogens (tertiary/aromatic N) is 2. The molecule has 0 aliphatic rings. The highest BCUT2D eigenvalue weighted by atomic mass is 35.5. The predicted molar refractivity (Wildman–Crippen MR) is 105 cm³/mol. The first kappa shape index (κ1) is 18.8. The van der Waals surface area contributed by atoms with E-state index in [2.05, 4.69) is 20.8 Å². The lowest BCUT2D eigenvalue weighted by Crippen LogP contribution is -2.17. The molecule has 0 bridgehead atoms. The van der Waals surface area contributed by atoms with Crippen LogP contribution in [0.5, 0.6) is 5.75 Å². The summed E-state index contributed by atoms with van der Waals surface area (Å²) in [5.41, 5.74) is 3.40. The van der Waals surface area contributed by atoms with Crippen molar-refractivity contribution in [3.63, 3.8) is 0 Å². The Morgan fingerprint density at radius 1 is 1.26 bits per heavy atom. The van der Waals surface area contributed by atoms with Crippen molar-refractivity contribution in [3.8, 4) is 5.75 Å². The van der Waals surface area contributed by atoms with E-state index in [1.807, 2.05) is 24.3 Å². The highest BCUT2D eigenvalue weighted by Crippen LogP contribution is 2.31. The summed E-state index contributed by atoms with van der Waals surface area (Å²) in [6, 6.07) is 12.6. The molecule has 0 aliphatic heterocycles. The average Bonchev–Trinajstić information content (AvgIpc) is 3.02. The number of aromatic nitrogens is 1. The number of carbonyl (C=O) groups excluding carboxylic acids is 1. The van der Waals surface area contributed by atoms with Gasteiger partial charge in [0.05, 0.1) is 23.9 Å². The number of hydrazone groups is 1. The van der Waals surface area contributed by atoms with E-state index in [1.54, 1.807) is 7.11 Å². The van der Waals surface area contributed by atoms with Gasteiger partial charge in [0.1, 0.15) is 11.6 Å². The second-order valence-corrected chi connectivity index (χ2v) is 6.59. The molecule has 9 heteroatoms. The molecule has 0 spiro atoms. The molecule has 0 atom stereocenters. The second kappa shape index (κ2) is 8.61. The van der Waals surface area contributed by atoms with Crippen molar-refractivity contribution in [2.45, 2.75) is 0 Å². The largest absolute Gasteiger partial charge is 0.495 e. The number of carbonyl (C=O) groups is 1. The first-order chi connectivity index (χ1) is 13.1. The van der Waals surface area contributed by atoms with Crippen LogP contribution in [0.1, 0.15) is 15.2 Å². The number of halogens is 2. The van der Waals surface area contributed by atoms with Crippen LogP contribution in [0.3, 0.4) is 0 Å². The minimum absolute atomic E-state index is 0.247.